The molecule has 1 aromatic rings. The molecule has 0 aliphatic heterocycles. The lowest BCUT2D eigenvalue weighted by molar-refractivity contribution is 0.316. The Morgan fingerprint density at radius 3 is 2.35 bits per heavy atom. The van der Waals surface area contributed by atoms with Crippen LogP contribution in [0.3, 0.4) is 0 Å². The standard InChI is InChI=1S/C13H18FNO4S/c1-18-11-6-10(14)13(7-12(11)19-2)20(16,17)15-8-9-4-3-5-9/h6-7,9,15H,3-5,8H2,1-2H3. The molecule has 0 amide bonds. The van der Waals surface area contributed by atoms with Crippen molar-refractivity contribution in [2.24, 2.45) is 5.92 Å². The molecule has 112 valence electrons. The number of ether oxygens (including phenoxy) is 2. The number of halogens is 1. The lowest BCUT2D eigenvalue weighted by Gasteiger charge is -2.25. The molecule has 20 heavy (non-hydrogen) atoms. The number of nitrogens with one attached hydrogen (secondary N) is 1. The average Bonchev–Trinajstić information content (AvgIpc) is 2.36. The highest BCUT2D eigenvalue weighted by atomic mass is 32.2. The van der Waals surface area contributed by atoms with E-state index in [0.717, 1.165) is 31.4 Å². The first-order chi connectivity index (χ1) is 9.47. The fourth-order valence-electron chi connectivity index (χ4n) is 2.04. The summed E-state index contributed by atoms with van der Waals surface area (Å²) in [5, 5.41) is 0. The van der Waals surface area contributed by atoms with Crippen LogP contribution in [0.1, 0.15) is 19.3 Å². The summed E-state index contributed by atoms with van der Waals surface area (Å²) in [6, 6.07) is 2.15. The third-order valence-electron chi connectivity index (χ3n) is 3.51. The van der Waals surface area contributed by atoms with Crippen molar-refractivity contribution in [3.05, 3.63) is 17.9 Å². The van der Waals surface area contributed by atoms with Crippen LogP contribution in [-0.4, -0.2) is 29.2 Å². The quantitative estimate of drug-likeness (QED) is 0.872. The van der Waals surface area contributed by atoms with Crippen molar-refractivity contribution in [2.75, 3.05) is 20.8 Å². The van der Waals surface area contributed by atoms with E-state index in [1.165, 1.54) is 14.2 Å². The van der Waals surface area contributed by atoms with E-state index in [2.05, 4.69) is 4.72 Å². The van der Waals surface area contributed by atoms with Crippen LogP contribution in [0.4, 0.5) is 4.39 Å². The highest BCUT2D eigenvalue weighted by Gasteiger charge is 2.25. The first kappa shape index (κ1) is 15.1. The Hall–Kier alpha value is -1.34. The topological polar surface area (TPSA) is 64.6 Å². The maximum absolute atomic E-state index is 13.9. The highest BCUT2D eigenvalue weighted by Crippen LogP contribution is 2.32. The van der Waals surface area contributed by atoms with Gasteiger partial charge in [0.15, 0.2) is 11.5 Å². The third kappa shape index (κ3) is 3.04. The molecule has 0 radical (unpaired) electrons. The predicted molar refractivity (Wildman–Crippen MR) is 72.0 cm³/mol. The van der Waals surface area contributed by atoms with Gasteiger partial charge in [-0.05, 0) is 18.8 Å². The monoisotopic (exact) mass is 303 g/mol. The van der Waals surface area contributed by atoms with Gasteiger partial charge in [-0.25, -0.2) is 17.5 Å². The van der Waals surface area contributed by atoms with Gasteiger partial charge in [-0.1, -0.05) is 6.42 Å². The van der Waals surface area contributed by atoms with E-state index in [-0.39, 0.29) is 11.5 Å². The molecule has 0 heterocycles. The molecule has 1 saturated carbocycles. The van der Waals surface area contributed by atoms with Gasteiger partial charge < -0.3 is 9.47 Å². The summed E-state index contributed by atoms with van der Waals surface area (Å²) in [5.74, 6) is -0.169. The van der Waals surface area contributed by atoms with Crippen LogP contribution in [0.5, 0.6) is 11.5 Å². The fourth-order valence-corrected chi connectivity index (χ4v) is 3.23. The van der Waals surface area contributed by atoms with Gasteiger partial charge in [0, 0.05) is 18.7 Å². The number of hydrogen-bond acceptors (Lipinski definition) is 4. The van der Waals surface area contributed by atoms with Gasteiger partial charge in [-0.3, -0.25) is 0 Å². The largest absolute Gasteiger partial charge is 0.493 e. The normalized spacial score (nSPS) is 15.8. The van der Waals surface area contributed by atoms with Crippen LogP contribution in [0.15, 0.2) is 17.0 Å². The summed E-state index contributed by atoms with van der Waals surface area (Å²) in [6.45, 7) is 0.343. The molecule has 0 spiro atoms. The third-order valence-corrected chi connectivity index (χ3v) is 4.95. The second kappa shape index (κ2) is 5.97. The van der Waals surface area contributed by atoms with Crippen molar-refractivity contribution in [2.45, 2.75) is 24.2 Å². The summed E-state index contributed by atoms with van der Waals surface area (Å²) in [5.41, 5.74) is 0. The summed E-state index contributed by atoms with van der Waals surface area (Å²) < 4.78 is 50.5. The Labute approximate surface area is 118 Å². The Bertz CT molecular complexity index is 584. The molecular formula is C13H18FNO4S. The van der Waals surface area contributed by atoms with Crippen LogP contribution in [0.2, 0.25) is 0 Å². The van der Waals surface area contributed by atoms with Gasteiger partial charge in [0.25, 0.3) is 0 Å². The zero-order chi connectivity index (χ0) is 14.8. The van der Waals surface area contributed by atoms with Crippen molar-refractivity contribution in [3.8, 4) is 11.5 Å². The van der Waals surface area contributed by atoms with E-state index >= 15 is 0 Å². The van der Waals surface area contributed by atoms with Gasteiger partial charge >= 0.3 is 0 Å². The molecule has 2 rings (SSSR count). The smallest absolute Gasteiger partial charge is 0.243 e. The van der Waals surface area contributed by atoms with Gasteiger partial charge in [0.2, 0.25) is 10.0 Å². The SMILES string of the molecule is COc1cc(F)c(S(=O)(=O)NCC2CCC2)cc1OC. The first-order valence-corrected chi connectivity index (χ1v) is 7.87. The van der Waals surface area contributed by atoms with Crippen LogP contribution < -0.4 is 14.2 Å². The van der Waals surface area contributed by atoms with E-state index in [1.54, 1.807) is 0 Å². The second-order valence-corrected chi connectivity index (χ2v) is 6.52. The minimum atomic E-state index is -3.88. The van der Waals surface area contributed by atoms with Crippen LogP contribution >= 0.6 is 0 Å². The maximum atomic E-state index is 13.9. The van der Waals surface area contributed by atoms with Crippen LogP contribution in [0.25, 0.3) is 0 Å². The van der Waals surface area contributed by atoms with E-state index in [9.17, 15) is 12.8 Å². The Kier molecular flexibility index (Phi) is 4.49. The van der Waals surface area contributed by atoms with Crippen molar-refractivity contribution >= 4 is 10.0 Å². The number of sulfonamides is 1. The van der Waals surface area contributed by atoms with Crippen LogP contribution in [-0.2, 0) is 10.0 Å². The van der Waals surface area contributed by atoms with Crippen molar-refractivity contribution in [1.82, 2.24) is 4.72 Å². The summed E-state index contributed by atoms with van der Waals surface area (Å²) in [6.07, 6.45) is 3.14. The maximum Gasteiger partial charge on any atom is 0.243 e. The van der Waals surface area contributed by atoms with Crippen LogP contribution in [0, 0.1) is 11.7 Å². The van der Waals surface area contributed by atoms with Gasteiger partial charge in [0.1, 0.15) is 10.7 Å². The van der Waals surface area contributed by atoms with Gasteiger partial charge in [0.05, 0.1) is 14.2 Å². The number of methoxy groups -OCH3 is 2. The predicted octanol–water partition coefficient (Wildman–Crippen LogP) is 1.92. The number of rotatable bonds is 6. The second-order valence-electron chi connectivity index (χ2n) is 4.79. The molecule has 1 aromatic carbocycles. The molecule has 1 aliphatic carbocycles. The first-order valence-electron chi connectivity index (χ1n) is 6.39. The van der Waals surface area contributed by atoms with E-state index in [0.29, 0.717) is 12.5 Å². The Morgan fingerprint density at radius 1 is 1.25 bits per heavy atom. The Morgan fingerprint density at radius 2 is 1.85 bits per heavy atom. The molecule has 0 bridgehead atoms. The van der Waals surface area contributed by atoms with E-state index in [1.807, 2.05) is 0 Å². The summed E-state index contributed by atoms with van der Waals surface area (Å²) in [7, 11) is -1.15. The Balaban J connectivity index is 2.25. The summed E-state index contributed by atoms with van der Waals surface area (Å²) in [4.78, 5) is -0.422. The molecule has 0 saturated heterocycles. The van der Waals surface area contributed by atoms with Gasteiger partial charge in [-0.2, -0.15) is 0 Å². The molecule has 0 unspecified atom stereocenters. The number of benzene rings is 1. The lowest BCUT2D eigenvalue weighted by atomic mass is 9.86. The fraction of sp³-hybridized carbons (Fsp3) is 0.538. The molecule has 1 N–H and O–H groups in total. The zero-order valence-corrected chi connectivity index (χ0v) is 12.3. The van der Waals surface area contributed by atoms with Gasteiger partial charge in [-0.15, -0.1) is 0 Å². The minimum Gasteiger partial charge on any atom is -0.493 e. The highest BCUT2D eigenvalue weighted by molar-refractivity contribution is 7.89. The van der Waals surface area contributed by atoms with Crippen molar-refractivity contribution in [3.63, 3.8) is 0 Å². The molecular weight excluding hydrogens is 285 g/mol. The lowest BCUT2D eigenvalue weighted by Crippen LogP contribution is -2.32. The minimum absolute atomic E-state index is 0.156. The summed E-state index contributed by atoms with van der Waals surface area (Å²) >= 11 is 0. The number of hydrogen-bond donors (Lipinski definition) is 1. The molecule has 1 aliphatic rings. The molecule has 0 aromatic heterocycles. The molecule has 1 fully saturated rings. The average molecular weight is 303 g/mol. The molecule has 7 heteroatoms. The van der Waals surface area contributed by atoms with E-state index < -0.39 is 20.7 Å². The zero-order valence-electron chi connectivity index (χ0n) is 11.5. The molecule has 5 nitrogen and oxygen atoms in total. The van der Waals surface area contributed by atoms with E-state index in [4.69, 9.17) is 9.47 Å². The molecule has 0 atom stereocenters. The van der Waals surface area contributed by atoms with Crippen molar-refractivity contribution in [1.29, 1.82) is 0 Å². The van der Waals surface area contributed by atoms with Crippen molar-refractivity contribution < 1.29 is 22.3 Å².